The normalized spacial score (nSPS) is 10.7. The van der Waals surface area contributed by atoms with Gasteiger partial charge in [0, 0.05) is 19.2 Å². The molecular formula is C15H23N3O3. The molecule has 0 bridgehead atoms. The number of nitrogens with zero attached hydrogens (tertiary/aromatic N) is 3. The van der Waals surface area contributed by atoms with Gasteiger partial charge >= 0.3 is 5.97 Å². The molecule has 0 spiro atoms. The molecule has 0 N–H and O–H groups in total. The van der Waals surface area contributed by atoms with Crippen LogP contribution in [0.3, 0.4) is 0 Å². The number of hydrogen-bond acceptors (Lipinski definition) is 5. The zero-order valence-corrected chi connectivity index (χ0v) is 13.3. The number of carbonyl (C=O) groups is 1. The first-order valence-corrected chi connectivity index (χ1v) is 6.99. The van der Waals surface area contributed by atoms with Crippen LogP contribution < -0.4 is 4.74 Å². The smallest absolute Gasteiger partial charge is 0.344 e. The maximum absolute atomic E-state index is 11.3. The Morgan fingerprint density at radius 2 is 2.14 bits per heavy atom. The highest BCUT2D eigenvalue weighted by Crippen LogP contribution is 2.24. The molecule has 1 aromatic rings. The number of carbonyl (C=O) groups excluding carboxylic acids is 1. The molecule has 1 heterocycles. The Balaban J connectivity index is 2.80. The molecular weight excluding hydrogens is 270 g/mol. The summed E-state index contributed by atoms with van der Waals surface area (Å²) < 4.78 is 10.2. The summed E-state index contributed by atoms with van der Waals surface area (Å²) in [5.41, 5.74) is 2.37. The number of esters is 1. The third-order valence-corrected chi connectivity index (χ3v) is 2.86. The largest absolute Gasteiger partial charge is 0.465 e. The number of hydrogen-bond donors (Lipinski definition) is 0. The molecule has 0 amide bonds. The van der Waals surface area contributed by atoms with Gasteiger partial charge in [-0.15, -0.1) is 0 Å². The summed E-state index contributed by atoms with van der Waals surface area (Å²) in [6.45, 7) is 8.62. The van der Waals surface area contributed by atoms with Gasteiger partial charge in [-0.1, -0.05) is 0 Å². The molecule has 0 aromatic carbocycles. The Kier molecular flexibility index (Phi) is 6.65. The molecule has 1 rings (SSSR count). The van der Waals surface area contributed by atoms with Gasteiger partial charge in [0.2, 0.25) is 5.88 Å². The van der Waals surface area contributed by atoms with Gasteiger partial charge in [0.1, 0.15) is 0 Å². The summed E-state index contributed by atoms with van der Waals surface area (Å²) in [6, 6.07) is 1.89. The van der Waals surface area contributed by atoms with E-state index < -0.39 is 5.97 Å². The first-order chi connectivity index (χ1) is 9.97. The Bertz CT molecular complexity index is 515. The fourth-order valence-electron chi connectivity index (χ4n) is 1.52. The molecule has 0 aliphatic rings. The number of aliphatic imine (C=N–C) groups is 1. The summed E-state index contributed by atoms with van der Waals surface area (Å²) in [5.74, 6) is 0.0337. The van der Waals surface area contributed by atoms with Crippen molar-refractivity contribution in [3.8, 4) is 5.88 Å². The van der Waals surface area contributed by atoms with E-state index in [-0.39, 0.29) is 6.61 Å². The highest BCUT2D eigenvalue weighted by atomic mass is 16.6. The Morgan fingerprint density at radius 1 is 1.43 bits per heavy atom. The summed E-state index contributed by atoms with van der Waals surface area (Å²) in [4.78, 5) is 22.0. The zero-order valence-electron chi connectivity index (χ0n) is 13.3. The van der Waals surface area contributed by atoms with Crippen LogP contribution in [0.2, 0.25) is 0 Å². The molecule has 0 fully saturated rings. The van der Waals surface area contributed by atoms with Gasteiger partial charge in [0.05, 0.1) is 24.3 Å². The molecule has 0 saturated carbocycles. The maximum atomic E-state index is 11.3. The molecule has 0 radical (unpaired) electrons. The molecule has 21 heavy (non-hydrogen) atoms. The number of pyridine rings is 1. The van der Waals surface area contributed by atoms with Crippen LogP contribution in [-0.4, -0.2) is 49.0 Å². The molecule has 0 aliphatic carbocycles. The van der Waals surface area contributed by atoms with E-state index in [1.54, 1.807) is 13.3 Å². The number of ether oxygens (including phenoxy) is 2. The first-order valence-electron chi connectivity index (χ1n) is 6.99. The molecule has 1 aromatic heterocycles. The fraction of sp³-hybridized carbons (Fsp3) is 0.533. The van der Waals surface area contributed by atoms with Crippen molar-refractivity contribution in [1.82, 2.24) is 9.88 Å². The van der Waals surface area contributed by atoms with Crippen molar-refractivity contribution >= 4 is 18.0 Å². The van der Waals surface area contributed by atoms with Crippen molar-refractivity contribution in [3.63, 3.8) is 0 Å². The van der Waals surface area contributed by atoms with Gasteiger partial charge in [0.15, 0.2) is 6.61 Å². The van der Waals surface area contributed by atoms with Crippen molar-refractivity contribution in [2.75, 3.05) is 26.8 Å². The van der Waals surface area contributed by atoms with Crippen LogP contribution in [0.5, 0.6) is 5.88 Å². The molecule has 6 heteroatoms. The van der Waals surface area contributed by atoms with Gasteiger partial charge < -0.3 is 14.4 Å². The second kappa shape index (κ2) is 8.24. The Hall–Kier alpha value is -2.11. The minimum absolute atomic E-state index is 0.137. The van der Waals surface area contributed by atoms with Crippen LogP contribution in [-0.2, 0) is 9.53 Å². The minimum Gasteiger partial charge on any atom is -0.465 e. The van der Waals surface area contributed by atoms with Gasteiger partial charge in [-0.05, 0) is 33.8 Å². The molecule has 6 nitrogen and oxygen atoms in total. The lowest BCUT2D eigenvalue weighted by Crippen LogP contribution is -2.16. The van der Waals surface area contributed by atoms with Crippen LogP contribution >= 0.6 is 0 Å². The predicted molar refractivity (Wildman–Crippen MR) is 82.3 cm³/mol. The average Bonchev–Trinajstić information content (AvgIpc) is 2.46. The van der Waals surface area contributed by atoms with Crippen LogP contribution in [0.1, 0.15) is 25.1 Å². The zero-order chi connectivity index (χ0) is 15.8. The van der Waals surface area contributed by atoms with E-state index in [2.05, 4.69) is 16.9 Å². The van der Waals surface area contributed by atoms with E-state index in [1.807, 2.05) is 31.9 Å². The number of rotatable bonds is 7. The van der Waals surface area contributed by atoms with Crippen LogP contribution in [0, 0.1) is 13.8 Å². The van der Waals surface area contributed by atoms with Gasteiger partial charge in [-0.25, -0.2) is 14.8 Å². The van der Waals surface area contributed by atoms with Crippen molar-refractivity contribution < 1.29 is 14.3 Å². The van der Waals surface area contributed by atoms with E-state index in [0.717, 1.165) is 23.5 Å². The predicted octanol–water partition coefficient (Wildman–Crippen LogP) is 2.25. The van der Waals surface area contributed by atoms with E-state index in [1.165, 1.54) is 0 Å². The lowest BCUT2D eigenvalue weighted by Gasteiger charge is -2.11. The van der Waals surface area contributed by atoms with Crippen molar-refractivity contribution in [2.45, 2.75) is 27.7 Å². The molecule has 0 saturated heterocycles. The van der Waals surface area contributed by atoms with Gasteiger partial charge in [-0.2, -0.15) is 0 Å². The standard InChI is InChI=1S/C15H23N3O3/c1-6-18(5)10-16-13-8-11(3)15(17-12(13)4)21-9-14(19)20-7-2/h8,10H,6-7,9H2,1-5H3. The highest BCUT2D eigenvalue weighted by molar-refractivity contribution is 5.71. The Labute approximate surface area is 125 Å². The van der Waals surface area contributed by atoms with Gasteiger partial charge in [0.25, 0.3) is 0 Å². The summed E-state index contributed by atoms with van der Waals surface area (Å²) in [5, 5.41) is 0. The van der Waals surface area contributed by atoms with Crippen molar-refractivity contribution in [1.29, 1.82) is 0 Å². The summed E-state index contributed by atoms with van der Waals surface area (Å²) in [6.07, 6.45) is 1.77. The van der Waals surface area contributed by atoms with Crippen molar-refractivity contribution in [2.24, 2.45) is 4.99 Å². The second-order valence-corrected chi connectivity index (χ2v) is 4.63. The Morgan fingerprint density at radius 3 is 2.76 bits per heavy atom. The second-order valence-electron chi connectivity index (χ2n) is 4.63. The van der Waals surface area contributed by atoms with E-state index in [4.69, 9.17) is 9.47 Å². The lowest BCUT2D eigenvalue weighted by atomic mass is 10.2. The molecule has 0 atom stereocenters. The SMILES string of the molecule is CCOC(=O)COc1nc(C)c(N=CN(C)CC)cc1C. The number of aryl methyl sites for hydroxylation is 2. The summed E-state index contributed by atoms with van der Waals surface area (Å²) in [7, 11) is 1.95. The molecule has 0 unspecified atom stereocenters. The fourth-order valence-corrected chi connectivity index (χ4v) is 1.52. The van der Waals surface area contributed by atoms with E-state index in [0.29, 0.717) is 12.5 Å². The van der Waals surface area contributed by atoms with Crippen LogP contribution in [0.4, 0.5) is 5.69 Å². The van der Waals surface area contributed by atoms with E-state index in [9.17, 15) is 4.79 Å². The van der Waals surface area contributed by atoms with Crippen molar-refractivity contribution in [3.05, 3.63) is 17.3 Å². The summed E-state index contributed by atoms with van der Waals surface area (Å²) >= 11 is 0. The third-order valence-electron chi connectivity index (χ3n) is 2.86. The average molecular weight is 293 g/mol. The number of aromatic nitrogens is 1. The minimum atomic E-state index is -0.400. The monoisotopic (exact) mass is 293 g/mol. The first kappa shape index (κ1) is 16.9. The quantitative estimate of drug-likeness (QED) is 0.438. The van der Waals surface area contributed by atoms with E-state index >= 15 is 0 Å². The molecule has 0 aliphatic heterocycles. The van der Waals surface area contributed by atoms with Gasteiger partial charge in [-0.3, -0.25) is 0 Å². The van der Waals surface area contributed by atoms with Crippen LogP contribution in [0.15, 0.2) is 11.1 Å². The maximum Gasteiger partial charge on any atom is 0.344 e. The third kappa shape index (κ3) is 5.41. The molecule has 116 valence electrons. The van der Waals surface area contributed by atoms with Crippen LogP contribution in [0.25, 0.3) is 0 Å². The highest BCUT2D eigenvalue weighted by Gasteiger charge is 2.09. The topological polar surface area (TPSA) is 64.0 Å². The lowest BCUT2D eigenvalue weighted by molar-refractivity contribution is -0.145.